The molecule has 1 amide bonds. The number of aliphatic hydroxyl groups is 2. The van der Waals surface area contributed by atoms with Crippen LogP contribution in [0.2, 0.25) is 0 Å². The summed E-state index contributed by atoms with van der Waals surface area (Å²) >= 11 is 1.44. The molecular weight excluding hydrogens is 362 g/mol. The van der Waals surface area contributed by atoms with Crippen LogP contribution < -0.4 is 5.32 Å². The van der Waals surface area contributed by atoms with Crippen LogP contribution in [0.5, 0.6) is 0 Å². The molecule has 0 radical (unpaired) electrons. The molecule has 1 heterocycles. The van der Waals surface area contributed by atoms with Crippen LogP contribution in [-0.4, -0.2) is 29.0 Å². The number of rotatable bonds is 11. The van der Waals surface area contributed by atoms with Gasteiger partial charge < -0.3 is 20.3 Å². The van der Waals surface area contributed by atoms with Gasteiger partial charge in [0.1, 0.15) is 18.8 Å². The first-order chi connectivity index (χ1) is 13.1. The second-order valence-corrected chi connectivity index (χ2v) is 7.52. The number of carbonyl (C=O) groups is 1. The first kappa shape index (κ1) is 21.4. The number of thiophene rings is 1. The smallest absolute Gasteiger partial charge is 0.407 e. The van der Waals surface area contributed by atoms with Gasteiger partial charge in [0.25, 0.3) is 0 Å². The molecular formula is C21H29NO4S. The summed E-state index contributed by atoms with van der Waals surface area (Å²) in [5, 5.41) is 25.1. The van der Waals surface area contributed by atoms with E-state index in [9.17, 15) is 15.0 Å². The van der Waals surface area contributed by atoms with Gasteiger partial charge in [-0.25, -0.2) is 4.79 Å². The molecule has 0 spiro atoms. The number of hydrogen-bond acceptors (Lipinski definition) is 5. The number of hydrogen-bond donors (Lipinski definition) is 3. The minimum absolute atomic E-state index is 0.0675. The maximum atomic E-state index is 11.8. The first-order valence-electron chi connectivity index (χ1n) is 9.48. The van der Waals surface area contributed by atoms with Gasteiger partial charge in [0.15, 0.2) is 0 Å². The Morgan fingerprint density at radius 1 is 1.15 bits per heavy atom. The number of ether oxygens (including phenoxy) is 1. The van der Waals surface area contributed by atoms with Crippen molar-refractivity contribution >= 4 is 17.4 Å². The summed E-state index contributed by atoms with van der Waals surface area (Å²) in [6.45, 7) is 2.27. The second kappa shape index (κ2) is 11.7. The van der Waals surface area contributed by atoms with Crippen molar-refractivity contribution < 1.29 is 19.7 Å². The molecule has 0 saturated carbocycles. The third-order valence-corrected chi connectivity index (χ3v) is 5.41. The Morgan fingerprint density at radius 2 is 1.93 bits per heavy atom. The van der Waals surface area contributed by atoms with Crippen LogP contribution in [0.3, 0.4) is 0 Å². The van der Waals surface area contributed by atoms with Crippen molar-refractivity contribution in [2.75, 3.05) is 6.54 Å². The number of aryl methyl sites for hydroxylation is 1. The third kappa shape index (κ3) is 7.33. The fourth-order valence-corrected chi connectivity index (χ4v) is 3.80. The van der Waals surface area contributed by atoms with E-state index in [2.05, 4.69) is 12.2 Å². The highest BCUT2D eigenvalue weighted by Crippen LogP contribution is 2.28. The van der Waals surface area contributed by atoms with Crippen LogP contribution in [0.25, 0.3) is 0 Å². The van der Waals surface area contributed by atoms with E-state index >= 15 is 0 Å². The molecule has 1 aromatic carbocycles. The van der Waals surface area contributed by atoms with Crippen LogP contribution in [0.15, 0.2) is 41.8 Å². The number of nitrogens with one attached hydrogen (secondary N) is 1. The number of aliphatic hydroxyl groups excluding tert-OH is 2. The molecule has 0 aliphatic carbocycles. The van der Waals surface area contributed by atoms with E-state index in [0.717, 1.165) is 28.8 Å². The minimum Gasteiger partial charge on any atom is -0.445 e. The SMILES string of the molecule is CCCCCCc1ccsc1C(O)C(O)CNC(=O)OCc1ccccc1. The molecule has 6 heteroatoms. The lowest BCUT2D eigenvalue weighted by Crippen LogP contribution is -2.35. The predicted molar refractivity (Wildman–Crippen MR) is 108 cm³/mol. The van der Waals surface area contributed by atoms with Gasteiger partial charge in [-0.05, 0) is 35.4 Å². The fourth-order valence-electron chi connectivity index (χ4n) is 2.80. The number of benzene rings is 1. The van der Waals surface area contributed by atoms with Gasteiger partial charge in [-0.15, -0.1) is 11.3 Å². The van der Waals surface area contributed by atoms with E-state index in [1.54, 1.807) is 0 Å². The number of amides is 1. The Bertz CT molecular complexity index is 674. The average Bonchev–Trinajstić information content (AvgIpc) is 3.16. The predicted octanol–water partition coefficient (Wildman–Crippen LogP) is 4.19. The van der Waals surface area contributed by atoms with E-state index in [0.29, 0.717) is 0 Å². The molecule has 0 aliphatic rings. The first-order valence-corrected chi connectivity index (χ1v) is 10.4. The molecule has 27 heavy (non-hydrogen) atoms. The third-order valence-electron chi connectivity index (χ3n) is 4.38. The zero-order chi connectivity index (χ0) is 19.5. The van der Waals surface area contributed by atoms with E-state index in [1.165, 1.54) is 30.6 Å². The van der Waals surface area contributed by atoms with Crippen LogP contribution in [0.1, 0.15) is 54.7 Å². The standard InChI is InChI=1S/C21H29NO4S/c1-2-3-4-8-11-17-12-13-27-20(17)19(24)18(23)14-22-21(25)26-15-16-9-6-5-7-10-16/h5-7,9-10,12-13,18-19,23-24H,2-4,8,11,14-15H2,1H3,(H,22,25). The van der Waals surface area contributed by atoms with Crippen molar-refractivity contribution in [3.05, 3.63) is 57.8 Å². The van der Waals surface area contributed by atoms with Gasteiger partial charge in [0, 0.05) is 11.4 Å². The molecule has 0 fully saturated rings. The van der Waals surface area contributed by atoms with Gasteiger partial charge in [0.2, 0.25) is 0 Å². The van der Waals surface area contributed by atoms with Crippen molar-refractivity contribution in [3.63, 3.8) is 0 Å². The minimum atomic E-state index is -1.08. The number of carbonyl (C=O) groups excluding carboxylic acids is 1. The molecule has 148 valence electrons. The number of alkyl carbamates (subject to hydrolysis) is 1. The van der Waals surface area contributed by atoms with Crippen molar-refractivity contribution in [3.8, 4) is 0 Å². The quantitative estimate of drug-likeness (QED) is 0.502. The van der Waals surface area contributed by atoms with Crippen LogP contribution in [0.4, 0.5) is 4.79 Å². The summed E-state index contributed by atoms with van der Waals surface area (Å²) < 4.78 is 5.11. The highest BCUT2D eigenvalue weighted by molar-refractivity contribution is 7.10. The van der Waals surface area contributed by atoms with Crippen molar-refractivity contribution in [1.82, 2.24) is 5.32 Å². The highest BCUT2D eigenvalue weighted by atomic mass is 32.1. The topological polar surface area (TPSA) is 78.8 Å². The van der Waals surface area contributed by atoms with E-state index < -0.39 is 18.3 Å². The van der Waals surface area contributed by atoms with Crippen LogP contribution in [-0.2, 0) is 17.8 Å². The zero-order valence-electron chi connectivity index (χ0n) is 15.8. The van der Waals surface area contributed by atoms with E-state index in [-0.39, 0.29) is 13.2 Å². The molecule has 2 unspecified atom stereocenters. The highest BCUT2D eigenvalue weighted by Gasteiger charge is 2.23. The Morgan fingerprint density at radius 3 is 2.67 bits per heavy atom. The maximum absolute atomic E-state index is 11.8. The van der Waals surface area contributed by atoms with Gasteiger partial charge in [-0.3, -0.25) is 0 Å². The summed E-state index contributed by atoms with van der Waals surface area (Å²) in [4.78, 5) is 12.6. The van der Waals surface area contributed by atoms with Gasteiger partial charge in [-0.1, -0.05) is 56.5 Å². The molecule has 2 aromatic rings. The summed E-state index contributed by atoms with van der Waals surface area (Å²) in [6.07, 6.45) is 2.82. The Kier molecular flexibility index (Phi) is 9.31. The summed E-state index contributed by atoms with van der Waals surface area (Å²) in [6, 6.07) is 11.4. The summed E-state index contributed by atoms with van der Waals surface area (Å²) in [5.41, 5.74) is 1.97. The lowest BCUT2D eigenvalue weighted by molar-refractivity contribution is 0.0200. The molecule has 2 rings (SSSR count). The molecule has 3 N–H and O–H groups in total. The van der Waals surface area contributed by atoms with E-state index in [4.69, 9.17) is 4.74 Å². The lowest BCUT2D eigenvalue weighted by atomic mass is 10.0. The van der Waals surface area contributed by atoms with Crippen LogP contribution >= 0.6 is 11.3 Å². The summed E-state index contributed by atoms with van der Waals surface area (Å²) in [7, 11) is 0. The van der Waals surface area contributed by atoms with Gasteiger partial charge >= 0.3 is 6.09 Å². The van der Waals surface area contributed by atoms with E-state index in [1.807, 2.05) is 41.8 Å². The monoisotopic (exact) mass is 391 g/mol. The second-order valence-electron chi connectivity index (χ2n) is 6.58. The van der Waals surface area contributed by atoms with Crippen molar-refractivity contribution in [2.24, 2.45) is 0 Å². The molecule has 5 nitrogen and oxygen atoms in total. The lowest BCUT2D eigenvalue weighted by Gasteiger charge is -2.19. The Balaban J connectivity index is 1.75. The largest absolute Gasteiger partial charge is 0.445 e. The van der Waals surface area contributed by atoms with Crippen molar-refractivity contribution in [1.29, 1.82) is 0 Å². The maximum Gasteiger partial charge on any atom is 0.407 e. The molecule has 0 bridgehead atoms. The molecule has 0 saturated heterocycles. The normalized spacial score (nSPS) is 13.1. The average molecular weight is 392 g/mol. The number of unbranched alkanes of at least 4 members (excludes halogenated alkanes) is 3. The zero-order valence-corrected chi connectivity index (χ0v) is 16.6. The fraction of sp³-hybridized carbons (Fsp3) is 0.476. The Labute approximate surface area is 165 Å². The molecule has 0 aliphatic heterocycles. The molecule has 1 aromatic heterocycles. The summed E-state index contributed by atoms with van der Waals surface area (Å²) in [5.74, 6) is 0. The Hall–Kier alpha value is -1.89. The van der Waals surface area contributed by atoms with Gasteiger partial charge in [-0.2, -0.15) is 0 Å². The van der Waals surface area contributed by atoms with Gasteiger partial charge in [0.05, 0.1) is 0 Å². The van der Waals surface area contributed by atoms with Crippen LogP contribution in [0, 0.1) is 0 Å². The molecule has 2 atom stereocenters. The van der Waals surface area contributed by atoms with Crippen molar-refractivity contribution in [2.45, 2.75) is 57.8 Å².